The first kappa shape index (κ1) is 11.5. The number of benzene rings is 1. The Morgan fingerprint density at radius 1 is 1.26 bits per heavy atom. The fraction of sp³-hybridized carbons (Fsp3) is 0.154. The summed E-state index contributed by atoms with van der Waals surface area (Å²) in [6.07, 6.45) is 0. The normalized spacial score (nSPS) is 11.1. The first-order valence-corrected chi connectivity index (χ1v) is 5.87. The number of anilines is 1. The van der Waals surface area contributed by atoms with E-state index in [0.717, 1.165) is 11.1 Å². The van der Waals surface area contributed by atoms with Crippen LogP contribution in [0.3, 0.4) is 0 Å². The van der Waals surface area contributed by atoms with E-state index in [9.17, 15) is 4.79 Å². The summed E-state index contributed by atoms with van der Waals surface area (Å²) in [7, 11) is 0. The van der Waals surface area contributed by atoms with Crippen molar-refractivity contribution in [2.45, 2.75) is 13.8 Å². The molecule has 96 valence electrons. The number of hydrogen-bond donors (Lipinski definition) is 2. The number of rotatable bonds is 1. The molecule has 6 nitrogen and oxygen atoms in total. The smallest absolute Gasteiger partial charge is 0.262 e. The highest BCUT2D eigenvalue weighted by molar-refractivity contribution is 5.65. The Balaban J connectivity index is 2.29. The van der Waals surface area contributed by atoms with E-state index in [1.54, 1.807) is 0 Å². The van der Waals surface area contributed by atoms with Crippen LogP contribution < -0.4 is 11.3 Å². The molecule has 3 N–H and O–H groups in total. The molecule has 0 saturated heterocycles. The standard InChI is InChI=1S/C13H13N5O/c1-7-3-4-9(8(2)5-7)10-6-11(19)18-12(14)16-17-13(18)15-10/h3-6H,1-2H3,(H2,14,16)(H,15,17). The highest BCUT2D eigenvalue weighted by atomic mass is 16.1. The number of nitrogens with one attached hydrogen (secondary N) is 1. The average Bonchev–Trinajstić information content (AvgIpc) is 2.71. The summed E-state index contributed by atoms with van der Waals surface area (Å²) >= 11 is 0. The predicted molar refractivity (Wildman–Crippen MR) is 72.9 cm³/mol. The van der Waals surface area contributed by atoms with Crippen molar-refractivity contribution in [3.8, 4) is 11.3 Å². The van der Waals surface area contributed by atoms with Crippen LogP contribution in [0, 0.1) is 13.8 Å². The highest BCUT2D eigenvalue weighted by Gasteiger charge is 2.10. The number of aryl methyl sites for hydroxylation is 2. The van der Waals surface area contributed by atoms with Gasteiger partial charge in [-0.15, -0.1) is 5.10 Å². The highest BCUT2D eigenvalue weighted by Crippen LogP contribution is 2.21. The molecule has 2 heterocycles. The lowest BCUT2D eigenvalue weighted by Gasteiger charge is -2.06. The number of fused-ring (bicyclic) bond motifs is 1. The van der Waals surface area contributed by atoms with Crippen LogP contribution in [0.5, 0.6) is 0 Å². The third-order valence-electron chi connectivity index (χ3n) is 3.08. The Bertz CT molecular complexity index is 831. The maximum atomic E-state index is 12.0. The number of nitrogens with two attached hydrogens (primary N) is 1. The second-order valence-electron chi connectivity index (χ2n) is 4.54. The molecule has 3 aromatic rings. The van der Waals surface area contributed by atoms with Crippen molar-refractivity contribution in [2.24, 2.45) is 0 Å². The van der Waals surface area contributed by atoms with Gasteiger partial charge in [0, 0.05) is 11.6 Å². The lowest BCUT2D eigenvalue weighted by Crippen LogP contribution is -2.15. The second kappa shape index (κ2) is 3.94. The van der Waals surface area contributed by atoms with Gasteiger partial charge in [-0.1, -0.05) is 23.8 Å². The fourth-order valence-corrected chi connectivity index (χ4v) is 2.17. The van der Waals surface area contributed by atoms with Gasteiger partial charge in [0.2, 0.25) is 11.7 Å². The van der Waals surface area contributed by atoms with Crippen LogP contribution in [0.25, 0.3) is 17.0 Å². The van der Waals surface area contributed by atoms with Crippen molar-refractivity contribution >= 4 is 11.7 Å². The van der Waals surface area contributed by atoms with Crippen molar-refractivity contribution < 1.29 is 0 Å². The Morgan fingerprint density at radius 3 is 2.79 bits per heavy atom. The number of aromatic nitrogens is 4. The van der Waals surface area contributed by atoms with Gasteiger partial charge < -0.3 is 5.73 Å². The zero-order chi connectivity index (χ0) is 13.6. The summed E-state index contributed by atoms with van der Waals surface area (Å²) in [4.78, 5) is 16.4. The molecule has 0 saturated carbocycles. The van der Waals surface area contributed by atoms with Gasteiger partial charge in [-0.2, -0.15) is 0 Å². The molecule has 19 heavy (non-hydrogen) atoms. The summed E-state index contributed by atoms with van der Waals surface area (Å²) in [6, 6.07) is 7.48. The van der Waals surface area contributed by atoms with Crippen LogP contribution in [0.2, 0.25) is 0 Å². The van der Waals surface area contributed by atoms with Gasteiger partial charge in [-0.25, -0.2) is 14.5 Å². The van der Waals surface area contributed by atoms with Crippen LogP contribution in [0.1, 0.15) is 11.1 Å². The van der Waals surface area contributed by atoms with Crippen molar-refractivity contribution in [1.82, 2.24) is 19.6 Å². The minimum absolute atomic E-state index is 0.111. The lowest BCUT2D eigenvalue weighted by molar-refractivity contribution is 1.06. The lowest BCUT2D eigenvalue weighted by atomic mass is 10.0. The minimum Gasteiger partial charge on any atom is -0.368 e. The molecule has 6 heteroatoms. The molecule has 0 spiro atoms. The molecule has 0 aliphatic rings. The van der Waals surface area contributed by atoms with E-state index in [-0.39, 0.29) is 11.5 Å². The Labute approximate surface area is 108 Å². The molecule has 0 amide bonds. The zero-order valence-corrected chi connectivity index (χ0v) is 10.6. The molecule has 2 aromatic heterocycles. The molecule has 0 unspecified atom stereocenters. The Morgan fingerprint density at radius 2 is 2.05 bits per heavy atom. The maximum Gasteiger partial charge on any atom is 0.262 e. The summed E-state index contributed by atoms with van der Waals surface area (Å²) in [5.41, 5.74) is 9.14. The van der Waals surface area contributed by atoms with Crippen molar-refractivity contribution in [2.75, 3.05) is 5.73 Å². The fourth-order valence-electron chi connectivity index (χ4n) is 2.17. The Kier molecular flexibility index (Phi) is 2.38. The monoisotopic (exact) mass is 255 g/mol. The van der Waals surface area contributed by atoms with Gasteiger partial charge in [0.05, 0.1) is 5.69 Å². The summed E-state index contributed by atoms with van der Waals surface area (Å²) < 4.78 is 1.24. The van der Waals surface area contributed by atoms with E-state index in [2.05, 4.69) is 21.2 Å². The topological polar surface area (TPSA) is 89.1 Å². The van der Waals surface area contributed by atoms with Crippen LogP contribution in [-0.2, 0) is 0 Å². The van der Waals surface area contributed by atoms with Crippen molar-refractivity contribution in [3.05, 3.63) is 45.7 Å². The number of hydrogen-bond acceptors (Lipinski definition) is 4. The van der Waals surface area contributed by atoms with Crippen molar-refractivity contribution in [3.63, 3.8) is 0 Å². The SMILES string of the molecule is Cc1ccc(-c2cc(=O)n3c(N)n[nH]c3n2)c(C)c1. The van der Waals surface area contributed by atoms with Crippen molar-refractivity contribution in [1.29, 1.82) is 0 Å². The molecule has 0 aliphatic carbocycles. The van der Waals surface area contributed by atoms with Crippen LogP contribution in [0.4, 0.5) is 5.95 Å². The predicted octanol–water partition coefficient (Wildman–Crippen LogP) is 1.28. The molecule has 0 radical (unpaired) electrons. The molecule has 3 rings (SSSR count). The summed E-state index contributed by atoms with van der Waals surface area (Å²) in [6.45, 7) is 4.02. The molecule has 0 bridgehead atoms. The van der Waals surface area contributed by atoms with Gasteiger partial charge in [-0.3, -0.25) is 4.79 Å². The third-order valence-corrected chi connectivity index (χ3v) is 3.08. The average molecular weight is 255 g/mol. The van der Waals surface area contributed by atoms with Gasteiger partial charge in [0.25, 0.3) is 5.56 Å². The molecular formula is C13H13N5O. The van der Waals surface area contributed by atoms with Gasteiger partial charge >= 0.3 is 0 Å². The zero-order valence-electron chi connectivity index (χ0n) is 10.6. The molecule has 1 aromatic carbocycles. The van der Waals surface area contributed by atoms with E-state index < -0.39 is 0 Å². The van der Waals surface area contributed by atoms with Crippen LogP contribution in [0.15, 0.2) is 29.1 Å². The van der Waals surface area contributed by atoms with E-state index in [1.165, 1.54) is 16.0 Å². The summed E-state index contributed by atoms with van der Waals surface area (Å²) in [5, 5.41) is 6.43. The first-order valence-electron chi connectivity index (χ1n) is 5.87. The molecule has 0 aliphatic heterocycles. The largest absolute Gasteiger partial charge is 0.368 e. The minimum atomic E-state index is -0.244. The maximum absolute atomic E-state index is 12.0. The van der Waals surface area contributed by atoms with E-state index in [4.69, 9.17) is 5.73 Å². The number of aromatic amines is 1. The molecule has 0 fully saturated rings. The van der Waals surface area contributed by atoms with E-state index in [1.807, 2.05) is 26.0 Å². The summed E-state index contributed by atoms with van der Waals surface area (Å²) in [5.74, 6) is 0.458. The Hall–Kier alpha value is -2.63. The van der Waals surface area contributed by atoms with Gasteiger partial charge in [0.15, 0.2) is 0 Å². The third kappa shape index (κ3) is 1.77. The number of H-pyrrole nitrogens is 1. The van der Waals surface area contributed by atoms with Crippen LogP contribution in [-0.4, -0.2) is 19.6 Å². The van der Waals surface area contributed by atoms with Gasteiger partial charge in [0.1, 0.15) is 0 Å². The molecular weight excluding hydrogens is 242 g/mol. The molecule has 0 atom stereocenters. The first-order chi connectivity index (χ1) is 9.06. The van der Waals surface area contributed by atoms with Gasteiger partial charge in [-0.05, 0) is 19.4 Å². The van der Waals surface area contributed by atoms with Crippen LogP contribution >= 0.6 is 0 Å². The quantitative estimate of drug-likeness (QED) is 0.685. The van der Waals surface area contributed by atoms with E-state index in [0.29, 0.717) is 11.5 Å². The number of nitrogens with zero attached hydrogens (tertiary/aromatic N) is 3. The second-order valence-corrected chi connectivity index (χ2v) is 4.54. The number of nitrogen functional groups attached to an aromatic ring is 1. The van der Waals surface area contributed by atoms with E-state index >= 15 is 0 Å².